The quantitative estimate of drug-likeness (QED) is 0.787. The van der Waals surface area contributed by atoms with Crippen LogP contribution in [0, 0.1) is 18.3 Å². The molecule has 0 bridgehead atoms. The molecule has 0 unspecified atom stereocenters. The van der Waals surface area contributed by atoms with Crippen molar-refractivity contribution in [2.75, 3.05) is 7.05 Å². The smallest absolute Gasteiger partial charge is 0.268 e. The molecule has 16 heavy (non-hydrogen) atoms. The average Bonchev–Trinajstić information content (AvgIpc) is 2.28. The van der Waals surface area contributed by atoms with Crippen LogP contribution in [0.3, 0.4) is 0 Å². The Kier molecular flexibility index (Phi) is 3.84. The highest BCUT2D eigenvalue weighted by Crippen LogP contribution is 1.99. The lowest BCUT2D eigenvalue weighted by atomic mass is 10.2. The van der Waals surface area contributed by atoms with Gasteiger partial charge in [-0.3, -0.25) is 9.59 Å². The first-order chi connectivity index (χ1) is 7.60. The van der Waals surface area contributed by atoms with E-state index in [4.69, 9.17) is 5.26 Å². The molecule has 1 heterocycles. The van der Waals surface area contributed by atoms with E-state index in [9.17, 15) is 9.59 Å². The van der Waals surface area contributed by atoms with Gasteiger partial charge in [0.15, 0.2) is 0 Å². The van der Waals surface area contributed by atoms with Crippen LogP contribution in [0.4, 0.5) is 0 Å². The summed E-state index contributed by atoms with van der Waals surface area (Å²) < 4.78 is 1.44. The van der Waals surface area contributed by atoms with Gasteiger partial charge in [0.1, 0.15) is 11.6 Å². The van der Waals surface area contributed by atoms with Crippen molar-refractivity contribution in [2.45, 2.75) is 19.9 Å². The molecule has 5 heteroatoms. The van der Waals surface area contributed by atoms with Gasteiger partial charge < -0.3 is 9.88 Å². The summed E-state index contributed by atoms with van der Waals surface area (Å²) >= 11 is 0. The fraction of sp³-hybridized carbons (Fsp3) is 0.364. The van der Waals surface area contributed by atoms with Crippen LogP contribution in [0.15, 0.2) is 16.9 Å². The number of rotatable bonds is 3. The number of nitrogens with zero attached hydrogens (tertiary/aromatic N) is 2. The van der Waals surface area contributed by atoms with Gasteiger partial charge >= 0.3 is 0 Å². The predicted molar refractivity (Wildman–Crippen MR) is 58.8 cm³/mol. The van der Waals surface area contributed by atoms with Crippen molar-refractivity contribution in [3.05, 3.63) is 33.7 Å². The first-order valence-electron chi connectivity index (χ1n) is 4.91. The monoisotopic (exact) mass is 219 g/mol. The van der Waals surface area contributed by atoms with E-state index in [1.807, 2.05) is 6.07 Å². The van der Waals surface area contributed by atoms with E-state index in [0.29, 0.717) is 6.54 Å². The lowest BCUT2D eigenvalue weighted by Crippen LogP contribution is -2.27. The minimum absolute atomic E-state index is 0.0995. The number of amides is 1. The molecule has 0 aliphatic carbocycles. The number of aryl methyl sites for hydroxylation is 1. The van der Waals surface area contributed by atoms with Gasteiger partial charge in [-0.2, -0.15) is 5.26 Å². The van der Waals surface area contributed by atoms with Crippen LogP contribution in [0.1, 0.15) is 17.7 Å². The van der Waals surface area contributed by atoms with Gasteiger partial charge in [-0.05, 0) is 19.1 Å². The third kappa shape index (κ3) is 2.48. The zero-order valence-electron chi connectivity index (χ0n) is 9.28. The number of pyridine rings is 1. The molecule has 1 aromatic heterocycles. The Bertz CT molecular complexity index is 497. The molecule has 1 N–H and O–H groups in total. The molecule has 0 saturated carbocycles. The number of nitrogens with one attached hydrogen (secondary N) is 1. The summed E-state index contributed by atoms with van der Waals surface area (Å²) in [7, 11) is 1.55. The summed E-state index contributed by atoms with van der Waals surface area (Å²) in [5.74, 6) is -0.131. The summed E-state index contributed by atoms with van der Waals surface area (Å²) in [6.45, 7) is 2.06. The van der Waals surface area contributed by atoms with Crippen LogP contribution in [-0.2, 0) is 11.3 Å². The van der Waals surface area contributed by atoms with Gasteiger partial charge in [0.25, 0.3) is 5.56 Å². The van der Waals surface area contributed by atoms with Gasteiger partial charge in [0.05, 0.1) is 0 Å². The van der Waals surface area contributed by atoms with Crippen LogP contribution < -0.4 is 10.9 Å². The normalized spacial score (nSPS) is 9.56. The Labute approximate surface area is 93.3 Å². The van der Waals surface area contributed by atoms with Crippen molar-refractivity contribution in [3.63, 3.8) is 0 Å². The second-order valence-corrected chi connectivity index (χ2v) is 3.38. The Balaban J connectivity index is 3.00. The van der Waals surface area contributed by atoms with Gasteiger partial charge in [-0.25, -0.2) is 0 Å². The van der Waals surface area contributed by atoms with Crippen molar-refractivity contribution in [3.8, 4) is 6.07 Å². The zero-order chi connectivity index (χ0) is 12.1. The van der Waals surface area contributed by atoms with E-state index in [-0.39, 0.29) is 23.5 Å². The molecule has 5 nitrogen and oxygen atoms in total. The number of hydrogen-bond acceptors (Lipinski definition) is 3. The fourth-order valence-corrected chi connectivity index (χ4v) is 1.37. The number of aromatic nitrogens is 1. The molecule has 84 valence electrons. The Morgan fingerprint density at radius 3 is 2.81 bits per heavy atom. The number of nitriles is 1. The third-order valence-electron chi connectivity index (χ3n) is 2.35. The van der Waals surface area contributed by atoms with Crippen LogP contribution in [0.25, 0.3) is 0 Å². The van der Waals surface area contributed by atoms with Crippen LogP contribution in [0.5, 0.6) is 0 Å². The largest absolute Gasteiger partial charge is 0.359 e. The molecule has 0 aliphatic rings. The van der Waals surface area contributed by atoms with Crippen molar-refractivity contribution in [1.29, 1.82) is 5.26 Å². The molecule has 1 aromatic rings. The average molecular weight is 219 g/mol. The molecule has 0 atom stereocenters. The second kappa shape index (κ2) is 5.12. The first-order valence-corrected chi connectivity index (χ1v) is 4.91. The zero-order valence-corrected chi connectivity index (χ0v) is 9.28. The maximum Gasteiger partial charge on any atom is 0.268 e. The molecule has 1 amide bonds. The van der Waals surface area contributed by atoms with Crippen LogP contribution in [0.2, 0.25) is 0 Å². The maximum atomic E-state index is 11.7. The Morgan fingerprint density at radius 1 is 1.56 bits per heavy atom. The molecule has 0 aromatic carbocycles. The molecule has 0 radical (unpaired) electrons. The summed E-state index contributed by atoms with van der Waals surface area (Å²) in [6.07, 6.45) is 0.228. The summed E-state index contributed by atoms with van der Waals surface area (Å²) in [4.78, 5) is 22.8. The third-order valence-corrected chi connectivity index (χ3v) is 2.35. The fourth-order valence-electron chi connectivity index (χ4n) is 1.37. The highest BCUT2D eigenvalue weighted by molar-refractivity contribution is 5.75. The topological polar surface area (TPSA) is 74.9 Å². The molecular formula is C11H13N3O2. The van der Waals surface area contributed by atoms with E-state index in [0.717, 1.165) is 5.69 Å². The van der Waals surface area contributed by atoms with E-state index < -0.39 is 0 Å². The second-order valence-electron chi connectivity index (χ2n) is 3.38. The molecule has 0 spiro atoms. The van der Waals surface area contributed by atoms with Gasteiger partial charge in [0.2, 0.25) is 5.91 Å². The van der Waals surface area contributed by atoms with Crippen molar-refractivity contribution in [2.24, 2.45) is 0 Å². The minimum atomic E-state index is -0.341. The highest BCUT2D eigenvalue weighted by Gasteiger charge is 2.07. The van der Waals surface area contributed by atoms with Crippen LogP contribution in [-0.4, -0.2) is 17.5 Å². The maximum absolute atomic E-state index is 11.7. The first kappa shape index (κ1) is 12.0. The molecule has 0 saturated heterocycles. The summed E-state index contributed by atoms with van der Waals surface area (Å²) in [5.41, 5.74) is 0.502. The lowest BCUT2D eigenvalue weighted by Gasteiger charge is -2.09. The number of hydrogen-bond donors (Lipinski definition) is 1. The van der Waals surface area contributed by atoms with Crippen molar-refractivity contribution >= 4 is 5.91 Å². The van der Waals surface area contributed by atoms with E-state index in [1.54, 1.807) is 20.0 Å². The minimum Gasteiger partial charge on any atom is -0.359 e. The van der Waals surface area contributed by atoms with Crippen molar-refractivity contribution in [1.82, 2.24) is 9.88 Å². The SMILES string of the molecule is CNC(=O)CCn1c(C)ccc(C#N)c1=O. The number of carbonyl (C=O) groups excluding carboxylic acids is 1. The van der Waals surface area contributed by atoms with Crippen LogP contribution >= 0.6 is 0 Å². The summed E-state index contributed by atoms with van der Waals surface area (Å²) in [6, 6.07) is 5.02. The summed E-state index contributed by atoms with van der Waals surface area (Å²) in [5, 5.41) is 11.2. The Morgan fingerprint density at radius 2 is 2.25 bits per heavy atom. The molecule has 0 aliphatic heterocycles. The van der Waals surface area contributed by atoms with E-state index in [2.05, 4.69) is 5.32 Å². The van der Waals surface area contributed by atoms with Gasteiger partial charge in [-0.1, -0.05) is 0 Å². The van der Waals surface area contributed by atoms with E-state index in [1.165, 1.54) is 10.6 Å². The van der Waals surface area contributed by atoms with Gasteiger partial charge in [0, 0.05) is 25.7 Å². The molecule has 0 fully saturated rings. The standard InChI is InChI=1S/C11H13N3O2/c1-8-3-4-9(7-12)11(16)14(8)6-5-10(15)13-2/h3-4H,5-6H2,1-2H3,(H,13,15). The molecule has 1 rings (SSSR count). The van der Waals surface area contributed by atoms with Crippen molar-refractivity contribution < 1.29 is 4.79 Å². The number of carbonyl (C=O) groups is 1. The van der Waals surface area contributed by atoms with Gasteiger partial charge in [-0.15, -0.1) is 0 Å². The Hall–Kier alpha value is -2.09. The molecular weight excluding hydrogens is 206 g/mol. The predicted octanol–water partition coefficient (Wildman–Crippen LogP) is 0.164. The lowest BCUT2D eigenvalue weighted by molar-refractivity contribution is -0.120. The highest BCUT2D eigenvalue weighted by atomic mass is 16.1. The van der Waals surface area contributed by atoms with E-state index >= 15 is 0 Å².